The first kappa shape index (κ1) is 24.5. The van der Waals surface area contributed by atoms with Crippen molar-refractivity contribution < 1.29 is 0 Å². The summed E-state index contributed by atoms with van der Waals surface area (Å²) in [5.74, 6) is 1.87. The average Bonchev–Trinajstić information content (AvgIpc) is 3.68. The summed E-state index contributed by atoms with van der Waals surface area (Å²) in [6, 6.07) is 9.70. The number of benzene rings is 1. The highest BCUT2D eigenvalue weighted by atomic mass is 16.1. The number of H-pyrrole nitrogens is 1. The molecule has 196 valence electrons. The molecular formula is C28H33N9O. The third-order valence-corrected chi connectivity index (χ3v) is 7.86. The maximum Gasteiger partial charge on any atom is 0.270 e. The molecule has 1 saturated carbocycles. The topological polar surface area (TPSA) is 119 Å². The molecule has 1 aromatic carbocycles. The Balaban J connectivity index is 1.25. The highest BCUT2D eigenvalue weighted by Crippen LogP contribution is 2.31. The maximum absolute atomic E-state index is 13.1. The van der Waals surface area contributed by atoms with Gasteiger partial charge >= 0.3 is 0 Å². The molecule has 0 amide bonds. The molecule has 6 rings (SSSR count). The zero-order chi connectivity index (χ0) is 26.2. The van der Waals surface area contributed by atoms with Crippen LogP contribution in [0.3, 0.4) is 0 Å². The number of imidazole rings is 1. The number of likely N-dealkylation sites (N-methyl/N-ethyl adjacent to an activating group) is 1. The van der Waals surface area contributed by atoms with Gasteiger partial charge < -0.3 is 20.1 Å². The van der Waals surface area contributed by atoms with Gasteiger partial charge in [0.05, 0.1) is 11.0 Å². The van der Waals surface area contributed by atoms with E-state index in [4.69, 9.17) is 9.97 Å². The number of pyridine rings is 1. The second-order valence-electron chi connectivity index (χ2n) is 10.8. The Kier molecular flexibility index (Phi) is 6.55. The monoisotopic (exact) mass is 511 g/mol. The van der Waals surface area contributed by atoms with Crippen molar-refractivity contribution in [3.63, 3.8) is 0 Å². The molecular weight excluding hydrogens is 478 g/mol. The van der Waals surface area contributed by atoms with Crippen molar-refractivity contribution in [1.82, 2.24) is 34.3 Å². The number of likely N-dealkylation sites (tertiary alicyclic amines) is 1. The lowest BCUT2D eigenvalue weighted by atomic mass is 10.1. The molecule has 2 fully saturated rings. The number of aromatic nitrogens is 5. The third kappa shape index (κ3) is 4.75. The van der Waals surface area contributed by atoms with Crippen molar-refractivity contribution in [2.45, 2.75) is 44.1 Å². The average molecular weight is 512 g/mol. The van der Waals surface area contributed by atoms with Crippen LogP contribution >= 0.6 is 0 Å². The van der Waals surface area contributed by atoms with E-state index in [9.17, 15) is 10.1 Å². The first-order chi connectivity index (χ1) is 18.5. The highest BCUT2D eigenvalue weighted by Gasteiger charge is 2.26. The number of fused-ring (bicyclic) bond motifs is 2. The van der Waals surface area contributed by atoms with Gasteiger partial charge in [-0.25, -0.2) is 9.97 Å². The normalized spacial score (nSPS) is 18.6. The minimum atomic E-state index is -0.268. The van der Waals surface area contributed by atoms with Crippen molar-refractivity contribution in [2.75, 3.05) is 45.6 Å². The van der Waals surface area contributed by atoms with Crippen molar-refractivity contribution in [2.24, 2.45) is 0 Å². The van der Waals surface area contributed by atoms with Gasteiger partial charge in [0.25, 0.3) is 5.56 Å². The second kappa shape index (κ2) is 10.2. The molecule has 0 bridgehead atoms. The summed E-state index contributed by atoms with van der Waals surface area (Å²) in [6.45, 7) is 4.27. The van der Waals surface area contributed by atoms with Gasteiger partial charge in [-0.3, -0.25) is 9.36 Å². The summed E-state index contributed by atoms with van der Waals surface area (Å²) in [7, 11) is 4.22. The van der Waals surface area contributed by atoms with E-state index in [1.54, 1.807) is 16.8 Å². The molecule has 4 aromatic rings. The SMILES string of the molecule is CN(C)CCN1CCC(c2nc3ccc(Nc4ncc5cc(C#N)c(=O)n(C6CCCC6)c5n4)cc3[nH]2)C1. The molecule has 3 aromatic heterocycles. The number of nitrogens with zero attached hydrogens (tertiary/aromatic N) is 7. The van der Waals surface area contributed by atoms with Gasteiger partial charge in [-0.15, -0.1) is 0 Å². The van der Waals surface area contributed by atoms with Crippen molar-refractivity contribution in [1.29, 1.82) is 5.26 Å². The lowest BCUT2D eigenvalue weighted by Crippen LogP contribution is -2.29. The molecule has 0 radical (unpaired) electrons. The van der Waals surface area contributed by atoms with Crippen LogP contribution in [0.5, 0.6) is 0 Å². The van der Waals surface area contributed by atoms with E-state index in [-0.39, 0.29) is 17.2 Å². The van der Waals surface area contributed by atoms with E-state index in [0.29, 0.717) is 22.9 Å². The fourth-order valence-electron chi connectivity index (χ4n) is 5.79. The Labute approximate surface area is 221 Å². The van der Waals surface area contributed by atoms with Crippen LogP contribution in [0.15, 0.2) is 35.3 Å². The standard InChI is InChI=1S/C28H33N9O/c1-35(2)11-12-36-10-9-18(17-36)25-32-23-8-7-21(14-24(23)33-25)31-28-30-16-20-13-19(15-29)27(38)37(26(20)34-28)22-5-3-4-6-22/h7-8,13-14,16,18,22H,3-6,9-12,17H2,1-2H3,(H,32,33)(H,30,31,34). The van der Waals surface area contributed by atoms with E-state index in [0.717, 1.165) is 80.8 Å². The van der Waals surface area contributed by atoms with Gasteiger partial charge in [0.15, 0.2) is 0 Å². The fourth-order valence-corrected chi connectivity index (χ4v) is 5.79. The molecule has 1 aliphatic carbocycles. The lowest BCUT2D eigenvalue weighted by Gasteiger charge is -2.18. The third-order valence-electron chi connectivity index (χ3n) is 7.86. The minimum absolute atomic E-state index is 0.0650. The van der Waals surface area contributed by atoms with Crippen molar-refractivity contribution in [3.05, 3.63) is 52.2 Å². The summed E-state index contributed by atoms with van der Waals surface area (Å²) in [5.41, 5.74) is 3.19. The summed E-state index contributed by atoms with van der Waals surface area (Å²) < 4.78 is 1.71. The molecule has 10 heteroatoms. The van der Waals surface area contributed by atoms with Gasteiger partial charge in [-0.05, 0) is 64.2 Å². The van der Waals surface area contributed by atoms with Gasteiger partial charge in [-0.1, -0.05) is 12.8 Å². The Hall–Kier alpha value is -3.81. The van der Waals surface area contributed by atoms with Crippen molar-refractivity contribution in [3.8, 4) is 6.07 Å². The number of hydrogen-bond acceptors (Lipinski definition) is 8. The lowest BCUT2D eigenvalue weighted by molar-refractivity contribution is 0.281. The summed E-state index contributed by atoms with van der Waals surface area (Å²) in [5, 5.41) is 13.5. The number of rotatable bonds is 7. The summed E-state index contributed by atoms with van der Waals surface area (Å²) in [6.07, 6.45) is 6.79. The Morgan fingerprint density at radius 2 is 2.03 bits per heavy atom. The number of hydrogen-bond donors (Lipinski definition) is 2. The van der Waals surface area contributed by atoms with Crippen LogP contribution < -0.4 is 10.9 Å². The summed E-state index contributed by atoms with van der Waals surface area (Å²) in [4.78, 5) is 35.4. The molecule has 4 heterocycles. The zero-order valence-electron chi connectivity index (χ0n) is 21.9. The number of nitrogens with one attached hydrogen (secondary N) is 2. The molecule has 1 saturated heterocycles. The molecule has 38 heavy (non-hydrogen) atoms. The molecule has 1 unspecified atom stereocenters. The second-order valence-corrected chi connectivity index (χ2v) is 10.8. The van der Waals surface area contributed by atoms with Crippen LogP contribution in [0.1, 0.15) is 55.5 Å². The first-order valence-corrected chi connectivity index (χ1v) is 13.4. The Morgan fingerprint density at radius 3 is 2.82 bits per heavy atom. The quantitative estimate of drug-likeness (QED) is 0.385. The Morgan fingerprint density at radius 1 is 1.18 bits per heavy atom. The number of nitriles is 1. The first-order valence-electron chi connectivity index (χ1n) is 13.4. The van der Waals surface area contributed by atoms with Crippen LogP contribution in [0.2, 0.25) is 0 Å². The van der Waals surface area contributed by atoms with Crippen LogP contribution in [0, 0.1) is 11.3 Å². The molecule has 10 nitrogen and oxygen atoms in total. The Bertz CT molecular complexity index is 1580. The molecule has 2 aliphatic rings. The number of aromatic amines is 1. The van der Waals surface area contributed by atoms with Crippen LogP contribution in [0.25, 0.3) is 22.1 Å². The minimum Gasteiger partial charge on any atom is -0.342 e. The van der Waals surface area contributed by atoms with E-state index in [2.05, 4.69) is 39.2 Å². The fraction of sp³-hybridized carbons (Fsp3) is 0.464. The van der Waals surface area contributed by atoms with E-state index >= 15 is 0 Å². The molecule has 2 N–H and O–H groups in total. The van der Waals surface area contributed by atoms with Gasteiger partial charge in [0.2, 0.25) is 5.95 Å². The van der Waals surface area contributed by atoms with Gasteiger partial charge in [0, 0.05) is 48.9 Å². The van der Waals surface area contributed by atoms with Crippen LogP contribution in [-0.4, -0.2) is 74.6 Å². The van der Waals surface area contributed by atoms with Gasteiger partial charge in [-0.2, -0.15) is 10.2 Å². The predicted molar refractivity (Wildman–Crippen MR) is 148 cm³/mol. The smallest absolute Gasteiger partial charge is 0.270 e. The van der Waals surface area contributed by atoms with E-state index < -0.39 is 0 Å². The molecule has 1 atom stereocenters. The van der Waals surface area contributed by atoms with E-state index in [1.807, 2.05) is 24.3 Å². The predicted octanol–water partition coefficient (Wildman–Crippen LogP) is 3.75. The molecule has 1 aliphatic heterocycles. The molecule has 0 spiro atoms. The zero-order valence-corrected chi connectivity index (χ0v) is 21.9. The van der Waals surface area contributed by atoms with Gasteiger partial charge in [0.1, 0.15) is 23.1 Å². The van der Waals surface area contributed by atoms with Crippen molar-refractivity contribution >= 4 is 33.7 Å². The number of anilines is 2. The van der Waals surface area contributed by atoms with Crippen LogP contribution in [0.4, 0.5) is 11.6 Å². The maximum atomic E-state index is 13.1. The highest BCUT2D eigenvalue weighted by molar-refractivity contribution is 5.81. The van der Waals surface area contributed by atoms with Crippen LogP contribution in [-0.2, 0) is 0 Å². The summed E-state index contributed by atoms with van der Waals surface area (Å²) >= 11 is 0. The van der Waals surface area contributed by atoms with E-state index in [1.165, 1.54) is 0 Å². The largest absolute Gasteiger partial charge is 0.342 e.